The number of nitrogens with zero attached hydrogens (tertiary/aromatic N) is 4. The first-order valence-corrected chi connectivity index (χ1v) is 17.9. The largest absolute Gasteiger partial charge is 0.423 e. The van der Waals surface area contributed by atoms with Gasteiger partial charge in [0, 0.05) is 11.1 Å². The minimum atomic E-state index is -5.16. The molecule has 2 N–H and O–H groups in total. The van der Waals surface area contributed by atoms with Crippen molar-refractivity contribution in [1.82, 2.24) is 0 Å². The molecule has 294 valence electrons. The minimum Gasteiger partial charge on any atom is -0.423 e. The fourth-order valence-corrected chi connectivity index (χ4v) is 5.64. The predicted octanol–water partition coefficient (Wildman–Crippen LogP) is 9.68. The third kappa shape index (κ3) is 10.6. The first-order valence-electron chi connectivity index (χ1n) is 15.0. The number of halogens is 6. The van der Waals surface area contributed by atoms with Gasteiger partial charge in [-0.15, -0.1) is 10.2 Å². The monoisotopic (exact) mass is 826 g/mol. The molecule has 4 aromatic rings. The van der Waals surface area contributed by atoms with E-state index in [0.29, 0.717) is 12.1 Å². The number of hydrogen-bond donors (Lipinski definition) is 2. The van der Waals surface area contributed by atoms with Gasteiger partial charge in [0.1, 0.15) is 43.8 Å². The quantitative estimate of drug-likeness (QED) is 0.0365. The maximum Gasteiger partial charge on any atom is 0.420 e. The lowest BCUT2D eigenvalue weighted by molar-refractivity contribution is -0.142. The van der Waals surface area contributed by atoms with Crippen LogP contribution in [0.2, 0.25) is 0 Å². The summed E-state index contributed by atoms with van der Waals surface area (Å²) in [4.78, 5) is 21.7. The molecule has 22 heteroatoms. The Labute approximate surface area is 313 Å². The van der Waals surface area contributed by atoms with Crippen LogP contribution in [0.1, 0.15) is 25.0 Å². The zero-order chi connectivity index (χ0) is 42.0. The number of ether oxygens (including phenoxy) is 2. The van der Waals surface area contributed by atoms with Gasteiger partial charge in [0.25, 0.3) is 20.2 Å². The second-order valence-electron chi connectivity index (χ2n) is 11.4. The number of rotatable bonds is 11. The molecule has 0 amide bonds. The van der Waals surface area contributed by atoms with Crippen molar-refractivity contribution in [3.63, 3.8) is 0 Å². The molecule has 0 aliphatic heterocycles. The molecular formula is C34H24F6N4O10S2. The minimum absolute atomic E-state index is 0.136. The van der Waals surface area contributed by atoms with E-state index in [-0.39, 0.29) is 22.3 Å². The third-order valence-corrected chi connectivity index (χ3v) is 8.76. The molecule has 0 saturated carbocycles. The number of esters is 2. The van der Waals surface area contributed by atoms with E-state index in [4.69, 9.17) is 9.47 Å². The summed E-state index contributed by atoms with van der Waals surface area (Å²) >= 11 is 0. The summed E-state index contributed by atoms with van der Waals surface area (Å²) in [5, 5.41) is 14.4. The Balaban J connectivity index is 1.72. The molecule has 0 aliphatic carbocycles. The van der Waals surface area contributed by atoms with Crippen molar-refractivity contribution in [2.45, 2.75) is 36.0 Å². The van der Waals surface area contributed by atoms with Crippen LogP contribution in [0, 0.1) is 0 Å². The van der Waals surface area contributed by atoms with Crippen LogP contribution in [-0.2, 0) is 42.2 Å². The second-order valence-corrected chi connectivity index (χ2v) is 14.2. The van der Waals surface area contributed by atoms with Gasteiger partial charge in [-0.3, -0.25) is 9.11 Å². The molecule has 14 nitrogen and oxygen atoms in total. The molecular weight excluding hydrogens is 803 g/mol. The summed E-state index contributed by atoms with van der Waals surface area (Å²) in [5.41, 5.74) is -5.68. The Kier molecular flexibility index (Phi) is 12.1. The molecule has 0 atom stereocenters. The fourth-order valence-electron chi connectivity index (χ4n) is 4.34. The Bertz CT molecular complexity index is 2390. The van der Waals surface area contributed by atoms with E-state index >= 15 is 0 Å². The molecule has 0 spiro atoms. The smallest absolute Gasteiger partial charge is 0.420 e. The van der Waals surface area contributed by atoms with Crippen LogP contribution < -0.4 is 9.47 Å². The van der Waals surface area contributed by atoms with Crippen LogP contribution in [0.15, 0.2) is 127 Å². The van der Waals surface area contributed by atoms with Gasteiger partial charge in [-0.05, 0) is 85.6 Å². The number of azo groups is 2. The number of hydrogen-bond acceptors (Lipinski definition) is 12. The van der Waals surface area contributed by atoms with Crippen molar-refractivity contribution in [1.29, 1.82) is 0 Å². The van der Waals surface area contributed by atoms with Crippen molar-refractivity contribution in [3.05, 3.63) is 108 Å². The zero-order valence-corrected chi connectivity index (χ0v) is 30.0. The third-order valence-electron chi connectivity index (χ3n) is 6.99. The molecule has 0 bridgehead atoms. The van der Waals surface area contributed by atoms with E-state index in [0.717, 1.165) is 60.7 Å². The molecule has 0 aromatic heterocycles. The number of benzene rings is 4. The van der Waals surface area contributed by atoms with Crippen LogP contribution in [-0.4, -0.2) is 37.9 Å². The second kappa shape index (κ2) is 15.9. The standard InChI is InChI=1S/C34H24F6N4O10S2/c1-17(2)31(45)53-27-11-7-21(15-23(27)33(35,36)37)41-43-25-9-5-19(13-29(25)55(47,48)49)20-6-10-26(30(14-20)56(50,51)52)44-42-22-8-12-28(54-32(46)18(3)4)24(16-22)34(38,39)40/h5-16H,1,3H2,2,4H3,(H,47,48,49)(H,50,51,52). The lowest BCUT2D eigenvalue weighted by atomic mass is 10.0. The van der Waals surface area contributed by atoms with E-state index in [2.05, 4.69) is 33.6 Å². The Hall–Kier alpha value is -6.10. The van der Waals surface area contributed by atoms with Gasteiger partial charge in [-0.2, -0.15) is 53.4 Å². The lowest BCUT2D eigenvalue weighted by Gasteiger charge is -2.13. The van der Waals surface area contributed by atoms with E-state index in [1.165, 1.54) is 13.8 Å². The number of carbonyl (C=O) groups excluding carboxylic acids is 2. The molecule has 4 aromatic carbocycles. The highest BCUT2D eigenvalue weighted by Gasteiger charge is 2.36. The molecule has 0 fully saturated rings. The van der Waals surface area contributed by atoms with E-state index in [1.807, 2.05) is 0 Å². The zero-order valence-electron chi connectivity index (χ0n) is 28.4. The first kappa shape index (κ1) is 42.6. The normalized spacial score (nSPS) is 12.5. The average molecular weight is 827 g/mol. The van der Waals surface area contributed by atoms with E-state index in [1.54, 1.807) is 0 Å². The van der Waals surface area contributed by atoms with Crippen molar-refractivity contribution in [3.8, 4) is 22.6 Å². The van der Waals surface area contributed by atoms with Crippen LogP contribution >= 0.6 is 0 Å². The van der Waals surface area contributed by atoms with Gasteiger partial charge in [0.2, 0.25) is 0 Å². The number of carbonyl (C=O) groups is 2. The maximum atomic E-state index is 13.7. The highest BCUT2D eigenvalue weighted by molar-refractivity contribution is 7.86. The molecule has 0 heterocycles. The van der Waals surface area contributed by atoms with Crippen LogP contribution in [0.4, 0.5) is 49.1 Å². The Morgan fingerprint density at radius 3 is 1.20 bits per heavy atom. The van der Waals surface area contributed by atoms with Crippen LogP contribution in [0.3, 0.4) is 0 Å². The summed E-state index contributed by atoms with van der Waals surface area (Å²) in [6, 6.07) is 10.1. The summed E-state index contributed by atoms with van der Waals surface area (Å²) in [6.45, 7) is 9.00. The summed E-state index contributed by atoms with van der Waals surface area (Å²) in [6.07, 6.45) is -10.1. The summed E-state index contributed by atoms with van der Waals surface area (Å²) < 4.78 is 161. The van der Waals surface area contributed by atoms with Crippen molar-refractivity contribution < 1.29 is 71.3 Å². The lowest BCUT2D eigenvalue weighted by Crippen LogP contribution is -2.13. The van der Waals surface area contributed by atoms with Crippen molar-refractivity contribution in [2.24, 2.45) is 20.5 Å². The predicted molar refractivity (Wildman–Crippen MR) is 184 cm³/mol. The van der Waals surface area contributed by atoms with Crippen molar-refractivity contribution in [2.75, 3.05) is 0 Å². The van der Waals surface area contributed by atoms with E-state index in [9.17, 15) is 61.9 Å². The van der Waals surface area contributed by atoms with Gasteiger partial charge in [0.05, 0.1) is 11.4 Å². The molecule has 0 unspecified atom stereocenters. The van der Waals surface area contributed by atoms with Gasteiger partial charge in [-0.25, -0.2) is 9.59 Å². The topological polar surface area (TPSA) is 211 Å². The maximum absolute atomic E-state index is 13.7. The molecule has 0 aliphatic rings. The Morgan fingerprint density at radius 1 is 0.571 bits per heavy atom. The van der Waals surface area contributed by atoms with Gasteiger partial charge in [-0.1, -0.05) is 25.3 Å². The van der Waals surface area contributed by atoms with Gasteiger partial charge >= 0.3 is 24.3 Å². The van der Waals surface area contributed by atoms with Gasteiger partial charge in [0.15, 0.2) is 0 Å². The summed E-state index contributed by atoms with van der Waals surface area (Å²) in [7, 11) is -10.3. The van der Waals surface area contributed by atoms with Crippen LogP contribution in [0.25, 0.3) is 11.1 Å². The highest BCUT2D eigenvalue weighted by atomic mass is 32.2. The molecule has 0 saturated heterocycles. The highest BCUT2D eigenvalue weighted by Crippen LogP contribution is 2.41. The molecule has 56 heavy (non-hydrogen) atoms. The van der Waals surface area contributed by atoms with Crippen LogP contribution in [0.5, 0.6) is 11.5 Å². The number of alkyl halides is 6. The van der Waals surface area contributed by atoms with E-state index < -0.39 is 99.7 Å². The van der Waals surface area contributed by atoms with Crippen molar-refractivity contribution >= 4 is 54.9 Å². The SMILES string of the molecule is C=C(C)C(=O)Oc1ccc(N=Nc2ccc(-c3ccc(N=Nc4ccc(OC(=O)C(=C)C)c(C(F)(F)F)c4)c(S(=O)(=O)O)c3)cc2S(=O)(=O)O)cc1C(F)(F)F. The first-order chi connectivity index (χ1) is 25.8. The molecule has 0 radical (unpaired) electrons. The molecule has 4 rings (SSSR count). The average Bonchev–Trinajstić information content (AvgIpc) is 3.08. The summed E-state index contributed by atoms with van der Waals surface area (Å²) in [5.74, 6) is -4.03. The fraction of sp³-hybridized carbons (Fsp3) is 0.118. The Morgan fingerprint density at radius 2 is 0.911 bits per heavy atom. The van der Waals surface area contributed by atoms with Gasteiger partial charge < -0.3 is 9.47 Å².